The van der Waals surface area contributed by atoms with Crippen LogP contribution in [0.25, 0.3) is 6.08 Å². The van der Waals surface area contributed by atoms with E-state index in [9.17, 15) is 0 Å². The minimum atomic E-state index is 0.918. The molecule has 0 saturated heterocycles. The molecule has 70 valence electrons. The third kappa shape index (κ3) is 3.65. The number of hydrogen-bond donors (Lipinski definition) is 0. The van der Waals surface area contributed by atoms with Crippen LogP contribution in [0.5, 0.6) is 0 Å². The molecule has 0 N–H and O–H groups in total. The fourth-order valence-corrected chi connectivity index (χ4v) is 1.87. The molecule has 0 atom stereocenters. The lowest BCUT2D eigenvalue weighted by Crippen LogP contribution is -1.82. The topological polar surface area (TPSA) is 0 Å². The molecule has 1 rings (SSSR count). The van der Waals surface area contributed by atoms with Crippen molar-refractivity contribution in [3.05, 3.63) is 41.5 Å². The minimum absolute atomic E-state index is 0.918. The van der Waals surface area contributed by atoms with Crippen molar-refractivity contribution in [2.75, 3.05) is 5.33 Å². The lowest BCUT2D eigenvalue weighted by Gasteiger charge is -2.00. The summed E-state index contributed by atoms with van der Waals surface area (Å²) >= 11 is 6.87. The van der Waals surface area contributed by atoms with Gasteiger partial charge in [-0.15, -0.1) is 0 Å². The standard InChI is InChI=1S/C11H12Br2/c12-8-4-3-6-10-5-1-2-7-11(10)9-13/h1-3,5-7H,4,8-9H2. The van der Waals surface area contributed by atoms with Gasteiger partial charge in [0.05, 0.1) is 0 Å². The highest BCUT2D eigenvalue weighted by molar-refractivity contribution is 9.09. The van der Waals surface area contributed by atoms with E-state index in [1.165, 1.54) is 11.1 Å². The van der Waals surface area contributed by atoms with Crippen LogP contribution in [-0.2, 0) is 5.33 Å². The molecular weight excluding hydrogens is 292 g/mol. The average Bonchev–Trinajstić information content (AvgIpc) is 2.19. The quantitative estimate of drug-likeness (QED) is 0.724. The number of halogens is 2. The molecule has 1 aromatic rings. The molecule has 0 fully saturated rings. The van der Waals surface area contributed by atoms with Crippen molar-refractivity contribution in [1.29, 1.82) is 0 Å². The fourth-order valence-electron chi connectivity index (χ4n) is 1.09. The van der Waals surface area contributed by atoms with E-state index >= 15 is 0 Å². The first-order valence-corrected chi connectivity index (χ1v) is 6.49. The molecule has 0 amide bonds. The predicted octanol–water partition coefficient (Wildman–Crippen LogP) is 4.38. The first-order chi connectivity index (χ1) is 6.38. The van der Waals surface area contributed by atoms with Crippen LogP contribution in [0.15, 0.2) is 30.3 Å². The minimum Gasteiger partial charge on any atom is -0.0925 e. The van der Waals surface area contributed by atoms with Crippen LogP contribution in [-0.4, -0.2) is 5.33 Å². The molecule has 0 bridgehead atoms. The van der Waals surface area contributed by atoms with Crippen LogP contribution >= 0.6 is 31.9 Å². The Morgan fingerprint density at radius 3 is 2.62 bits per heavy atom. The van der Waals surface area contributed by atoms with Crippen LogP contribution in [0.4, 0.5) is 0 Å². The van der Waals surface area contributed by atoms with Crippen molar-refractivity contribution in [3.8, 4) is 0 Å². The van der Waals surface area contributed by atoms with Crippen LogP contribution in [0.1, 0.15) is 17.5 Å². The van der Waals surface area contributed by atoms with E-state index in [0.29, 0.717) is 0 Å². The van der Waals surface area contributed by atoms with Crippen molar-refractivity contribution in [3.63, 3.8) is 0 Å². The van der Waals surface area contributed by atoms with E-state index in [-0.39, 0.29) is 0 Å². The third-order valence-electron chi connectivity index (χ3n) is 1.77. The molecule has 0 spiro atoms. The predicted molar refractivity (Wildman–Crippen MR) is 66.5 cm³/mol. The summed E-state index contributed by atoms with van der Waals surface area (Å²) in [5, 5.41) is 1.95. The molecule has 0 nitrogen and oxygen atoms in total. The van der Waals surface area contributed by atoms with Gasteiger partial charge in [0.15, 0.2) is 0 Å². The van der Waals surface area contributed by atoms with Gasteiger partial charge in [-0.2, -0.15) is 0 Å². The first-order valence-electron chi connectivity index (χ1n) is 4.25. The zero-order valence-electron chi connectivity index (χ0n) is 7.34. The highest BCUT2D eigenvalue weighted by atomic mass is 79.9. The zero-order valence-corrected chi connectivity index (χ0v) is 10.5. The van der Waals surface area contributed by atoms with Gasteiger partial charge < -0.3 is 0 Å². The van der Waals surface area contributed by atoms with Gasteiger partial charge in [0, 0.05) is 10.7 Å². The van der Waals surface area contributed by atoms with Crippen molar-refractivity contribution < 1.29 is 0 Å². The van der Waals surface area contributed by atoms with Gasteiger partial charge in [-0.05, 0) is 17.5 Å². The molecule has 0 heterocycles. The molecule has 0 radical (unpaired) electrons. The lowest BCUT2D eigenvalue weighted by molar-refractivity contribution is 1.27. The largest absolute Gasteiger partial charge is 0.0925 e. The zero-order chi connectivity index (χ0) is 9.52. The Hall–Kier alpha value is -0.0800. The second-order valence-electron chi connectivity index (χ2n) is 2.71. The molecular formula is C11H12Br2. The Labute approximate surface area is 96.3 Å². The second kappa shape index (κ2) is 6.39. The van der Waals surface area contributed by atoms with E-state index in [2.05, 4.69) is 68.3 Å². The van der Waals surface area contributed by atoms with Gasteiger partial charge in [-0.25, -0.2) is 0 Å². The highest BCUT2D eigenvalue weighted by Crippen LogP contribution is 2.14. The van der Waals surface area contributed by atoms with Crippen LogP contribution in [0.2, 0.25) is 0 Å². The molecule has 0 unspecified atom stereocenters. The monoisotopic (exact) mass is 302 g/mol. The molecule has 0 aromatic heterocycles. The Morgan fingerprint density at radius 2 is 1.92 bits per heavy atom. The van der Waals surface area contributed by atoms with Crippen molar-refractivity contribution in [1.82, 2.24) is 0 Å². The van der Waals surface area contributed by atoms with Gasteiger partial charge in [-0.1, -0.05) is 68.3 Å². The third-order valence-corrected chi connectivity index (χ3v) is 2.83. The Bertz CT molecular complexity index is 279. The van der Waals surface area contributed by atoms with Gasteiger partial charge in [0.1, 0.15) is 0 Å². The first kappa shape index (κ1) is 11.0. The molecule has 0 aliphatic heterocycles. The summed E-state index contributed by atoms with van der Waals surface area (Å²) in [6.07, 6.45) is 5.45. The van der Waals surface area contributed by atoms with Crippen LogP contribution in [0.3, 0.4) is 0 Å². The highest BCUT2D eigenvalue weighted by Gasteiger charge is 1.94. The smallest absolute Gasteiger partial charge is 0.0288 e. The second-order valence-corrected chi connectivity index (χ2v) is 4.07. The van der Waals surface area contributed by atoms with Crippen molar-refractivity contribution >= 4 is 37.9 Å². The van der Waals surface area contributed by atoms with Gasteiger partial charge >= 0.3 is 0 Å². The summed E-state index contributed by atoms with van der Waals surface area (Å²) in [6, 6.07) is 8.42. The summed E-state index contributed by atoms with van der Waals surface area (Å²) in [5.74, 6) is 0. The van der Waals surface area contributed by atoms with Crippen LogP contribution in [0, 0.1) is 0 Å². The summed E-state index contributed by atoms with van der Waals surface area (Å²) in [5.41, 5.74) is 2.65. The van der Waals surface area contributed by atoms with Crippen molar-refractivity contribution in [2.45, 2.75) is 11.8 Å². The Morgan fingerprint density at radius 1 is 1.15 bits per heavy atom. The maximum absolute atomic E-state index is 3.47. The van der Waals surface area contributed by atoms with E-state index in [1.807, 2.05) is 0 Å². The van der Waals surface area contributed by atoms with Gasteiger partial charge in [0.25, 0.3) is 0 Å². The van der Waals surface area contributed by atoms with Crippen LogP contribution < -0.4 is 0 Å². The van der Waals surface area contributed by atoms with E-state index < -0.39 is 0 Å². The number of benzene rings is 1. The Balaban J connectivity index is 2.74. The maximum atomic E-state index is 3.47. The number of rotatable bonds is 4. The van der Waals surface area contributed by atoms with E-state index in [4.69, 9.17) is 0 Å². The molecule has 0 saturated carbocycles. The summed E-state index contributed by atoms with van der Waals surface area (Å²) in [6.45, 7) is 0. The number of hydrogen-bond acceptors (Lipinski definition) is 0. The lowest BCUT2D eigenvalue weighted by atomic mass is 10.1. The maximum Gasteiger partial charge on any atom is 0.0288 e. The molecule has 2 heteroatoms. The Kier molecular flexibility index (Phi) is 5.40. The van der Waals surface area contributed by atoms with E-state index in [1.54, 1.807) is 0 Å². The number of alkyl halides is 2. The van der Waals surface area contributed by atoms with E-state index in [0.717, 1.165) is 17.1 Å². The summed E-state index contributed by atoms with van der Waals surface area (Å²) in [7, 11) is 0. The molecule has 1 aromatic carbocycles. The van der Waals surface area contributed by atoms with Gasteiger partial charge in [-0.3, -0.25) is 0 Å². The SMILES string of the molecule is BrCCC=Cc1ccccc1CBr. The fraction of sp³-hybridized carbons (Fsp3) is 0.273. The molecule has 0 aliphatic carbocycles. The summed E-state index contributed by atoms with van der Waals surface area (Å²) < 4.78 is 0. The summed E-state index contributed by atoms with van der Waals surface area (Å²) in [4.78, 5) is 0. The number of allylic oxidation sites excluding steroid dienone is 1. The molecule has 13 heavy (non-hydrogen) atoms. The average molecular weight is 304 g/mol. The van der Waals surface area contributed by atoms with Crippen molar-refractivity contribution in [2.24, 2.45) is 0 Å². The molecule has 0 aliphatic rings. The van der Waals surface area contributed by atoms with Gasteiger partial charge in [0.2, 0.25) is 0 Å². The normalized spacial score (nSPS) is 10.9.